The standard InChI is InChI=1S/C17H12N4O/c18-17-13(6-5-12-7-9-19-10-8-12)11-15(20-21-17)14-3-1-2-4-16(14)22/h1-4,7-11,22H,(H2,18,21). The molecule has 0 saturated carbocycles. The van der Waals surface area contributed by atoms with Gasteiger partial charge in [-0.25, -0.2) is 0 Å². The maximum Gasteiger partial charge on any atom is 0.161 e. The SMILES string of the molecule is Nc1nnc(-c2ccccc2O)cc1C#Cc1ccncc1. The molecule has 0 radical (unpaired) electrons. The molecule has 22 heavy (non-hydrogen) atoms. The molecule has 0 unspecified atom stereocenters. The summed E-state index contributed by atoms with van der Waals surface area (Å²) in [6, 6.07) is 12.2. The van der Waals surface area contributed by atoms with Gasteiger partial charge in [0.1, 0.15) is 5.75 Å². The maximum absolute atomic E-state index is 9.89. The van der Waals surface area contributed by atoms with Gasteiger partial charge in [-0.3, -0.25) is 4.98 Å². The molecule has 0 atom stereocenters. The number of hydrogen-bond donors (Lipinski definition) is 2. The first kappa shape index (κ1) is 13.6. The van der Waals surface area contributed by atoms with Crippen LogP contribution in [0.2, 0.25) is 0 Å². The first-order chi connectivity index (χ1) is 10.7. The maximum atomic E-state index is 9.89. The Morgan fingerprint density at radius 1 is 0.955 bits per heavy atom. The van der Waals surface area contributed by atoms with E-state index in [4.69, 9.17) is 5.73 Å². The van der Waals surface area contributed by atoms with Gasteiger partial charge in [0.15, 0.2) is 5.82 Å². The highest BCUT2D eigenvalue weighted by atomic mass is 16.3. The van der Waals surface area contributed by atoms with Crippen LogP contribution in [0, 0.1) is 11.8 Å². The molecule has 3 rings (SSSR count). The summed E-state index contributed by atoms with van der Waals surface area (Å²) in [5.41, 5.74) is 8.31. The van der Waals surface area contributed by atoms with Gasteiger partial charge in [0.2, 0.25) is 0 Å². The molecule has 5 heteroatoms. The van der Waals surface area contributed by atoms with Gasteiger partial charge in [0, 0.05) is 23.5 Å². The molecular formula is C17H12N4O. The van der Waals surface area contributed by atoms with Crippen LogP contribution in [0.1, 0.15) is 11.1 Å². The number of anilines is 1. The Bertz CT molecular complexity index is 867. The summed E-state index contributed by atoms with van der Waals surface area (Å²) in [6.45, 7) is 0. The van der Waals surface area contributed by atoms with E-state index in [2.05, 4.69) is 27.0 Å². The largest absolute Gasteiger partial charge is 0.507 e. The number of nitrogen functional groups attached to an aromatic ring is 1. The molecule has 0 aliphatic rings. The molecule has 0 fully saturated rings. The number of phenolic OH excluding ortho intramolecular Hbond substituents is 1. The van der Waals surface area contributed by atoms with Gasteiger partial charge >= 0.3 is 0 Å². The first-order valence-electron chi connectivity index (χ1n) is 6.57. The highest BCUT2D eigenvalue weighted by Gasteiger charge is 2.08. The van der Waals surface area contributed by atoms with E-state index in [-0.39, 0.29) is 11.6 Å². The second-order valence-electron chi connectivity index (χ2n) is 4.53. The van der Waals surface area contributed by atoms with Crippen molar-refractivity contribution in [3.8, 4) is 28.8 Å². The van der Waals surface area contributed by atoms with Crippen molar-refractivity contribution in [1.82, 2.24) is 15.2 Å². The molecule has 1 aromatic carbocycles. The molecule has 0 aliphatic carbocycles. The quantitative estimate of drug-likeness (QED) is 0.671. The van der Waals surface area contributed by atoms with Gasteiger partial charge in [-0.05, 0) is 30.3 Å². The van der Waals surface area contributed by atoms with Crippen molar-refractivity contribution in [1.29, 1.82) is 0 Å². The van der Waals surface area contributed by atoms with E-state index in [0.29, 0.717) is 16.8 Å². The lowest BCUT2D eigenvalue weighted by molar-refractivity contribution is 0.477. The van der Waals surface area contributed by atoms with Crippen LogP contribution in [0.15, 0.2) is 54.9 Å². The third kappa shape index (κ3) is 2.86. The number of nitrogens with two attached hydrogens (primary N) is 1. The number of aromatic nitrogens is 3. The zero-order valence-electron chi connectivity index (χ0n) is 11.6. The second kappa shape index (κ2) is 5.94. The van der Waals surface area contributed by atoms with Gasteiger partial charge in [0.05, 0.1) is 11.3 Å². The van der Waals surface area contributed by atoms with Gasteiger partial charge in [-0.2, -0.15) is 0 Å². The van der Waals surface area contributed by atoms with Crippen molar-refractivity contribution in [2.45, 2.75) is 0 Å². The molecule has 2 heterocycles. The molecule has 0 aliphatic heterocycles. The summed E-state index contributed by atoms with van der Waals surface area (Å²) >= 11 is 0. The predicted octanol–water partition coefficient (Wildman–Crippen LogP) is 2.23. The number of pyridine rings is 1. The van der Waals surface area contributed by atoms with E-state index in [1.165, 1.54) is 0 Å². The fourth-order valence-corrected chi connectivity index (χ4v) is 1.90. The van der Waals surface area contributed by atoms with Crippen LogP contribution in [-0.2, 0) is 0 Å². The number of benzene rings is 1. The lowest BCUT2D eigenvalue weighted by Crippen LogP contribution is -1.99. The predicted molar refractivity (Wildman–Crippen MR) is 83.8 cm³/mol. The molecule has 106 valence electrons. The third-order valence-electron chi connectivity index (χ3n) is 3.02. The molecular weight excluding hydrogens is 276 g/mol. The van der Waals surface area contributed by atoms with E-state index < -0.39 is 0 Å². The Hall–Kier alpha value is -3.39. The lowest BCUT2D eigenvalue weighted by Gasteiger charge is -2.04. The normalized spacial score (nSPS) is 9.82. The Morgan fingerprint density at radius 2 is 1.73 bits per heavy atom. The Labute approximate surface area is 127 Å². The number of rotatable bonds is 1. The summed E-state index contributed by atoms with van der Waals surface area (Å²) in [5, 5.41) is 17.8. The Balaban J connectivity index is 2.02. The van der Waals surface area contributed by atoms with Crippen LogP contribution in [0.4, 0.5) is 5.82 Å². The first-order valence-corrected chi connectivity index (χ1v) is 6.57. The van der Waals surface area contributed by atoms with E-state index in [1.54, 1.807) is 36.7 Å². The zero-order chi connectivity index (χ0) is 15.4. The molecule has 3 aromatic rings. The van der Waals surface area contributed by atoms with Crippen LogP contribution in [0.3, 0.4) is 0 Å². The molecule has 0 saturated heterocycles. The molecule has 3 N–H and O–H groups in total. The van der Waals surface area contributed by atoms with E-state index in [9.17, 15) is 5.11 Å². The Kier molecular flexibility index (Phi) is 3.67. The fraction of sp³-hybridized carbons (Fsp3) is 0. The van der Waals surface area contributed by atoms with Crippen molar-refractivity contribution < 1.29 is 5.11 Å². The van der Waals surface area contributed by atoms with Crippen LogP contribution < -0.4 is 5.73 Å². The number of para-hydroxylation sites is 1. The average molecular weight is 288 g/mol. The molecule has 0 amide bonds. The summed E-state index contributed by atoms with van der Waals surface area (Å²) in [4.78, 5) is 3.94. The van der Waals surface area contributed by atoms with Crippen molar-refractivity contribution in [3.63, 3.8) is 0 Å². The van der Waals surface area contributed by atoms with Gasteiger partial charge in [-0.15, -0.1) is 10.2 Å². The minimum Gasteiger partial charge on any atom is -0.507 e. The minimum atomic E-state index is 0.134. The summed E-state index contributed by atoms with van der Waals surface area (Å²) in [5.74, 6) is 6.35. The van der Waals surface area contributed by atoms with Gasteiger partial charge in [-0.1, -0.05) is 24.0 Å². The van der Waals surface area contributed by atoms with Crippen molar-refractivity contribution >= 4 is 5.82 Å². The average Bonchev–Trinajstić information content (AvgIpc) is 2.56. The smallest absolute Gasteiger partial charge is 0.161 e. The monoisotopic (exact) mass is 288 g/mol. The van der Waals surface area contributed by atoms with Gasteiger partial charge < -0.3 is 10.8 Å². The fourth-order valence-electron chi connectivity index (χ4n) is 1.90. The topological polar surface area (TPSA) is 84.9 Å². The molecule has 0 spiro atoms. The summed E-state index contributed by atoms with van der Waals surface area (Å²) in [6.07, 6.45) is 3.34. The highest BCUT2D eigenvalue weighted by Crippen LogP contribution is 2.27. The zero-order valence-corrected chi connectivity index (χ0v) is 11.6. The number of aromatic hydroxyl groups is 1. The van der Waals surface area contributed by atoms with Crippen LogP contribution >= 0.6 is 0 Å². The molecule has 0 bridgehead atoms. The van der Waals surface area contributed by atoms with Crippen molar-refractivity contribution in [2.75, 3.05) is 5.73 Å². The number of phenols is 1. The Morgan fingerprint density at radius 3 is 2.50 bits per heavy atom. The number of nitrogens with zero attached hydrogens (tertiary/aromatic N) is 3. The van der Waals surface area contributed by atoms with Crippen LogP contribution in [0.25, 0.3) is 11.3 Å². The van der Waals surface area contributed by atoms with E-state index >= 15 is 0 Å². The molecule has 5 nitrogen and oxygen atoms in total. The van der Waals surface area contributed by atoms with Crippen LogP contribution in [0.5, 0.6) is 5.75 Å². The summed E-state index contributed by atoms with van der Waals surface area (Å²) < 4.78 is 0. The lowest BCUT2D eigenvalue weighted by atomic mass is 10.1. The van der Waals surface area contributed by atoms with Gasteiger partial charge in [0.25, 0.3) is 0 Å². The molecule has 2 aromatic heterocycles. The second-order valence-corrected chi connectivity index (χ2v) is 4.53. The third-order valence-corrected chi connectivity index (χ3v) is 3.02. The van der Waals surface area contributed by atoms with Crippen molar-refractivity contribution in [3.05, 3.63) is 66.0 Å². The van der Waals surface area contributed by atoms with Crippen LogP contribution in [-0.4, -0.2) is 20.3 Å². The minimum absolute atomic E-state index is 0.134. The highest BCUT2D eigenvalue weighted by molar-refractivity contribution is 5.69. The van der Waals surface area contributed by atoms with E-state index in [0.717, 1.165) is 5.56 Å². The summed E-state index contributed by atoms with van der Waals surface area (Å²) in [7, 11) is 0. The number of hydrogen-bond acceptors (Lipinski definition) is 5. The van der Waals surface area contributed by atoms with E-state index in [1.807, 2.05) is 18.2 Å². The van der Waals surface area contributed by atoms with Crippen molar-refractivity contribution in [2.24, 2.45) is 0 Å².